The molecule has 0 bridgehead atoms. The van der Waals surface area contributed by atoms with E-state index < -0.39 is 0 Å². The number of hydrogen-bond donors (Lipinski definition) is 1. The van der Waals surface area contributed by atoms with E-state index >= 15 is 0 Å². The average Bonchev–Trinajstić information content (AvgIpc) is 3.16. The van der Waals surface area contributed by atoms with Crippen LogP contribution in [0.4, 0.5) is 0 Å². The Morgan fingerprint density at radius 3 is 2.53 bits per heavy atom. The third-order valence-corrected chi connectivity index (χ3v) is 5.47. The molecule has 106 valence electrons. The lowest BCUT2D eigenvalue weighted by molar-refractivity contribution is 0.190. The van der Waals surface area contributed by atoms with Gasteiger partial charge in [0, 0.05) is 24.0 Å². The maximum Gasteiger partial charge on any atom is 0.107 e. The van der Waals surface area contributed by atoms with Gasteiger partial charge in [-0.3, -0.25) is 4.90 Å². The molecule has 0 spiro atoms. The first-order valence-corrected chi connectivity index (χ1v) is 8.41. The summed E-state index contributed by atoms with van der Waals surface area (Å²) in [4.78, 5) is 8.59. The van der Waals surface area contributed by atoms with E-state index in [1.807, 2.05) is 11.3 Å². The summed E-state index contributed by atoms with van der Waals surface area (Å²) < 4.78 is 0. The molecule has 19 heavy (non-hydrogen) atoms. The Labute approximate surface area is 120 Å². The van der Waals surface area contributed by atoms with Gasteiger partial charge in [0.15, 0.2) is 0 Å². The highest BCUT2D eigenvalue weighted by atomic mass is 32.1. The highest BCUT2D eigenvalue weighted by molar-refractivity contribution is 7.11. The van der Waals surface area contributed by atoms with Gasteiger partial charge >= 0.3 is 0 Å². The van der Waals surface area contributed by atoms with E-state index in [1.165, 1.54) is 60.9 Å². The lowest BCUT2D eigenvalue weighted by atomic mass is 10.0. The summed E-state index contributed by atoms with van der Waals surface area (Å²) in [5, 5.41) is 5.03. The van der Waals surface area contributed by atoms with Crippen molar-refractivity contribution in [3.8, 4) is 0 Å². The summed E-state index contributed by atoms with van der Waals surface area (Å²) in [5.41, 5.74) is 1.21. The topological polar surface area (TPSA) is 28.2 Å². The quantitative estimate of drug-likeness (QED) is 0.898. The summed E-state index contributed by atoms with van der Waals surface area (Å²) in [5.74, 6) is 0.999. The molecule has 2 heterocycles. The van der Waals surface area contributed by atoms with E-state index in [1.54, 1.807) is 0 Å². The van der Waals surface area contributed by atoms with Crippen molar-refractivity contribution >= 4 is 11.3 Å². The molecule has 0 atom stereocenters. The number of hydrogen-bond acceptors (Lipinski definition) is 4. The fourth-order valence-corrected chi connectivity index (χ4v) is 3.73. The SMILES string of the molecule is Cc1nc(CN2CCC(NCC3CC3)CC2)sc1C. The first-order valence-electron chi connectivity index (χ1n) is 7.59. The highest BCUT2D eigenvalue weighted by Gasteiger charge is 2.24. The lowest BCUT2D eigenvalue weighted by Crippen LogP contribution is -2.42. The molecule has 2 aliphatic rings. The molecule has 4 heteroatoms. The molecule has 0 radical (unpaired) electrons. The summed E-state index contributed by atoms with van der Waals surface area (Å²) in [6.07, 6.45) is 5.51. The van der Waals surface area contributed by atoms with Crippen molar-refractivity contribution in [2.24, 2.45) is 5.92 Å². The second-order valence-corrected chi connectivity index (χ2v) is 7.44. The van der Waals surface area contributed by atoms with Crippen LogP contribution in [-0.4, -0.2) is 35.6 Å². The van der Waals surface area contributed by atoms with Crippen molar-refractivity contribution in [2.45, 2.75) is 52.1 Å². The number of thiazole rings is 1. The molecular formula is C15H25N3S. The maximum atomic E-state index is 4.65. The average molecular weight is 279 g/mol. The fourth-order valence-electron chi connectivity index (χ4n) is 2.75. The smallest absolute Gasteiger partial charge is 0.107 e. The predicted octanol–water partition coefficient (Wildman–Crippen LogP) is 2.72. The van der Waals surface area contributed by atoms with Crippen molar-refractivity contribution in [2.75, 3.05) is 19.6 Å². The normalized spacial score (nSPS) is 22.0. The van der Waals surface area contributed by atoms with Gasteiger partial charge in [0.05, 0.1) is 12.2 Å². The number of rotatable bonds is 5. The van der Waals surface area contributed by atoms with Crippen LogP contribution in [0, 0.1) is 19.8 Å². The standard InChI is InChI=1S/C15H25N3S/c1-11-12(2)19-15(17-11)10-18-7-5-14(6-8-18)16-9-13-3-4-13/h13-14,16H,3-10H2,1-2H3. The van der Waals surface area contributed by atoms with Crippen LogP contribution >= 0.6 is 11.3 Å². The number of nitrogens with one attached hydrogen (secondary N) is 1. The van der Waals surface area contributed by atoms with Crippen molar-refractivity contribution < 1.29 is 0 Å². The molecule has 2 fully saturated rings. The highest BCUT2D eigenvalue weighted by Crippen LogP contribution is 2.28. The minimum Gasteiger partial charge on any atom is -0.314 e. The van der Waals surface area contributed by atoms with Crippen LogP contribution in [0.1, 0.15) is 41.3 Å². The van der Waals surface area contributed by atoms with Crippen molar-refractivity contribution in [1.82, 2.24) is 15.2 Å². The molecular weight excluding hydrogens is 254 g/mol. The molecule has 3 nitrogen and oxygen atoms in total. The fraction of sp³-hybridized carbons (Fsp3) is 0.800. The zero-order valence-corrected chi connectivity index (χ0v) is 12.9. The molecule has 1 saturated carbocycles. The van der Waals surface area contributed by atoms with Gasteiger partial charge in [-0.15, -0.1) is 11.3 Å². The van der Waals surface area contributed by atoms with Gasteiger partial charge in [-0.2, -0.15) is 0 Å². The van der Waals surface area contributed by atoms with Crippen LogP contribution in [0.15, 0.2) is 0 Å². The molecule has 1 saturated heterocycles. The Morgan fingerprint density at radius 1 is 1.21 bits per heavy atom. The molecule has 1 aliphatic heterocycles. The Balaban J connectivity index is 1.41. The Morgan fingerprint density at radius 2 is 1.95 bits per heavy atom. The largest absolute Gasteiger partial charge is 0.314 e. The van der Waals surface area contributed by atoms with Crippen molar-refractivity contribution in [1.29, 1.82) is 0 Å². The summed E-state index contributed by atoms with van der Waals surface area (Å²) in [6.45, 7) is 9.04. The molecule has 0 aromatic carbocycles. The number of aryl methyl sites for hydroxylation is 2. The van der Waals surface area contributed by atoms with E-state index in [-0.39, 0.29) is 0 Å². The van der Waals surface area contributed by atoms with Gasteiger partial charge in [0.2, 0.25) is 0 Å². The van der Waals surface area contributed by atoms with Gasteiger partial charge in [-0.05, 0) is 52.0 Å². The molecule has 0 amide bonds. The summed E-state index contributed by atoms with van der Waals surface area (Å²) in [7, 11) is 0. The minimum absolute atomic E-state index is 0.761. The first-order chi connectivity index (χ1) is 9.20. The molecule has 0 unspecified atom stereocenters. The van der Waals surface area contributed by atoms with E-state index in [2.05, 4.69) is 29.0 Å². The number of likely N-dealkylation sites (tertiary alicyclic amines) is 1. The van der Waals surface area contributed by atoms with Crippen LogP contribution in [-0.2, 0) is 6.54 Å². The third-order valence-electron chi connectivity index (χ3n) is 4.41. The number of nitrogens with zero attached hydrogens (tertiary/aromatic N) is 2. The number of piperidine rings is 1. The molecule has 1 aromatic heterocycles. The first kappa shape index (κ1) is 13.5. The molecule has 1 N–H and O–H groups in total. The second-order valence-electron chi connectivity index (χ2n) is 6.15. The summed E-state index contributed by atoms with van der Waals surface area (Å²) in [6, 6.07) is 0.761. The summed E-state index contributed by atoms with van der Waals surface area (Å²) >= 11 is 1.86. The van der Waals surface area contributed by atoms with Crippen molar-refractivity contribution in [3.63, 3.8) is 0 Å². The lowest BCUT2D eigenvalue weighted by Gasteiger charge is -2.31. The maximum absolute atomic E-state index is 4.65. The molecule has 3 rings (SSSR count). The van der Waals surface area contributed by atoms with Crippen LogP contribution in [0.3, 0.4) is 0 Å². The van der Waals surface area contributed by atoms with Gasteiger partial charge in [0.25, 0.3) is 0 Å². The Kier molecular flexibility index (Phi) is 4.20. The Bertz CT molecular complexity index is 398. The second kappa shape index (κ2) is 5.90. The predicted molar refractivity (Wildman–Crippen MR) is 80.6 cm³/mol. The van der Waals surface area contributed by atoms with E-state index in [9.17, 15) is 0 Å². The minimum atomic E-state index is 0.761. The van der Waals surface area contributed by atoms with E-state index in [0.717, 1.165) is 18.5 Å². The van der Waals surface area contributed by atoms with Crippen molar-refractivity contribution in [3.05, 3.63) is 15.6 Å². The van der Waals surface area contributed by atoms with Crippen LogP contribution in [0.5, 0.6) is 0 Å². The third kappa shape index (κ3) is 3.77. The zero-order chi connectivity index (χ0) is 13.2. The van der Waals surface area contributed by atoms with Crippen LogP contribution in [0.25, 0.3) is 0 Å². The van der Waals surface area contributed by atoms with Crippen LogP contribution in [0.2, 0.25) is 0 Å². The Hall–Kier alpha value is -0.450. The van der Waals surface area contributed by atoms with Crippen LogP contribution < -0.4 is 5.32 Å². The van der Waals surface area contributed by atoms with E-state index in [4.69, 9.17) is 0 Å². The monoisotopic (exact) mass is 279 g/mol. The number of aromatic nitrogens is 1. The molecule has 1 aliphatic carbocycles. The van der Waals surface area contributed by atoms with Gasteiger partial charge in [-0.1, -0.05) is 0 Å². The van der Waals surface area contributed by atoms with Gasteiger partial charge in [-0.25, -0.2) is 4.98 Å². The van der Waals surface area contributed by atoms with Gasteiger partial charge in [0.1, 0.15) is 5.01 Å². The van der Waals surface area contributed by atoms with E-state index in [0.29, 0.717) is 0 Å². The molecule has 1 aromatic rings. The zero-order valence-electron chi connectivity index (χ0n) is 12.1. The van der Waals surface area contributed by atoms with Gasteiger partial charge < -0.3 is 5.32 Å².